The van der Waals surface area contributed by atoms with Crippen molar-refractivity contribution in [2.45, 2.75) is 114 Å². The van der Waals surface area contributed by atoms with E-state index in [0.29, 0.717) is 42.3 Å². The third-order valence-electron chi connectivity index (χ3n) is 16.0. The molecule has 2 aliphatic carbocycles. The second-order valence-electron chi connectivity index (χ2n) is 22.3. The van der Waals surface area contributed by atoms with E-state index in [1.807, 2.05) is 0 Å². The maximum Gasteiger partial charge on any atom is 0.345 e. The molecule has 91 heavy (non-hydrogen) atoms. The van der Waals surface area contributed by atoms with Crippen molar-refractivity contribution in [3.8, 4) is 22.3 Å². The summed E-state index contributed by atoms with van der Waals surface area (Å²) in [5.41, 5.74) is 17.5. The number of carbonyl (C=O) groups excluding carboxylic acids is 7. The van der Waals surface area contributed by atoms with Crippen molar-refractivity contribution in [2.75, 3.05) is 23.7 Å². The van der Waals surface area contributed by atoms with Gasteiger partial charge in [-0.1, -0.05) is 110 Å². The Balaban J connectivity index is 0.000000184. The summed E-state index contributed by atoms with van der Waals surface area (Å²) in [5.74, 6) is -7.68. The number of carbonyl (C=O) groups is 8. The number of nitrogens with one attached hydrogen (secondary N) is 3. The average Bonchev–Trinajstić information content (AvgIpc) is 1.66. The normalized spacial score (nSPS) is 18.2. The summed E-state index contributed by atoms with van der Waals surface area (Å²) >= 11 is 14.3. The lowest BCUT2D eigenvalue weighted by Gasteiger charge is -2.24. The summed E-state index contributed by atoms with van der Waals surface area (Å²) < 4.78 is 62.8. The Bertz CT molecular complexity index is 4150. The van der Waals surface area contributed by atoms with Crippen LogP contribution in [0.5, 0.6) is 0 Å². The van der Waals surface area contributed by atoms with Crippen LogP contribution in [-0.4, -0.2) is 131 Å². The lowest BCUT2D eigenvalue weighted by Crippen LogP contribution is -2.44. The van der Waals surface area contributed by atoms with Crippen LogP contribution in [0.3, 0.4) is 0 Å². The number of aromatic nitrogens is 4. The average molecular weight is 1330 g/mol. The van der Waals surface area contributed by atoms with Gasteiger partial charge in [-0.2, -0.15) is 10.2 Å². The number of amides is 7. The van der Waals surface area contributed by atoms with Crippen LogP contribution in [0.2, 0.25) is 10.0 Å². The van der Waals surface area contributed by atoms with Crippen LogP contribution in [0.15, 0.2) is 97.1 Å². The minimum Gasteiger partial charge on any atom is -0.477 e. The van der Waals surface area contributed by atoms with Gasteiger partial charge in [-0.3, -0.25) is 42.9 Å². The van der Waals surface area contributed by atoms with Gasteiger partial charge < -0.3 is 48.1 Å². The highest BCUT2D eigenvalue weighted by Gasteiger charge is 2.42. The van der Waals surface area contributed by atoms with E-state index in [9.17, 15) is 52.2 Å². The van der Waals surface area contributed by atoms with Gasteiger partial charge in [0.1, 0.15) is 42.4 Å². The Kier molecular flexibility index (Phi) is 20.2. The molecule has 476 valence electrons. The van der Waals surface area contributed by atoms with Gasteiger partial charge in [-0.25, -0.2) is 22.4 Å². The number of thiophene rings is 2. The summed E-state index contributed by atoms with van der Waals surface area (Å²) in [7, 11) is 0. The van der Waals surface area contributed by atoms with Gasteiger partial charge in [0, 0.05) is 57.2 Å². The monoisotopic (exact) mass is 1330 g/mol. The third-order valence-corrected chi connectivity index (χ3v) is 18.9. The lowest BCUT2D eigenvalue weighted by atomic mass is 10.0. The Morgan fingerprint density at radius 2 is 0.989 bits per heavy atom. The number of hydrogen-bond acceptors (Lipinski definition) is 13. The SMILES string of the molecule is NC(=O)c1nn(CC(=O)N2C[C@H](F)C[C@H]2C(=O)Nc2cccc(-c3ccccc3Cl)c2F)c2cc(C(=O)NC3CCCC3)sc12.NC(=O)c1nn(CC(=O)N2C[C@H](F)C[C@H]2C(=O)Nc2cccc(-c3ccccc3Cl)c2F)c2cc(C(=O)O)sc12.NC1CCCC1. The van der Waals surface area contributed by atoms with Gasteiger partial charge in [0.2, 0.25) is 23.6 Å². The van der Waals surface area contributed by atoms with Gasteiger partial charge in [-0.15, -0.1) is 22.7 Å². The van der Waals surface area contributed by atoms with Crippen molar-refractivity contribution in [3.63, 3.8) is 0 Å². The number of anilines is 2. The van der Waals surface area contributed by atoms with Crippen molar-refractivity contribution < 1.29 is 61.0 Å². The fourth-order valence-electron chi connectivity index (χ4n) is 11.5. The summed E-state index contributed by atoms with van der Waals surface area (Å²) in [6.07, 6.45) is 5.52. The minimum absolute atomic E-state index is 0.0791. The number of rotatable bonds is 15. The second kappa shape index (κ2) is 28.2. The number of nitrogens with two attached hydrogens (primary N) is 3. The van der Waals surface area contributed by atoms with Gasteiger partial charge in [0.15, 0.2) is 23.0 Å². The zero-order valence-corrected chi connectivity index (χ0v) is 51.5. The summed E-state index contributed by atoms with van der Waals surface area (Å²) in [5, 5.41) is 26.1. The molecule has 6 heterocycles. The maximum atomic E-state index is 15.5. The number of carboxylic acid groups (broad SMARTS) is 1. The fourth-order valence-corrected chi connectivity index (χ4v) is 14.0. The van der Waals surface area contributed by atoms with E-state index in [-0.39, 0.29) is 80.3 Å². The van der Waals surface area contributed by atoms with Crippen LogP contribution < -0.4 is 33.2 Å². The van der Waals surface area contributed by atoms with Gasteiger partial charge in [0.05, 0.1) is 49.8 Å². The first-order valence-electron chi connectivity index (χ1n) is 29.0. The molecule has 7 amide bonds. The molecule has 4 aromatic carbocycles. The summed E-state index contributed by atoms with van der Waals surface area (Å²) in [6.45, 7) is -1.72. The largest absolute Gasteiger partial charge is 0.477 e. The van der Waals surface area contributed by atoms with Gasteiger partial charge >= 0.3 is 5.97 Å². The molecule has 0 unspecified atom stereocenters. The molecule has 4 aromatic heterocycles. The highest BCUT2D eigenvalue weighted by molar-refractivity contribution is 7.21. The van der Waals surface area contributed by atoms with Crippen molar-refractivity contribution in [1.29, 1.82) is 0 Å². The Hall–Kier alpha value is -8.76. The molecule has 8 aromatic rings. The van der Waals surface area contributed by atoms with Crippen molar-refractivity contribution in [2.24, 2.45) is 17.2 Å². The van der Waals surface area contributed by atoms with Crippen LogP contribution in [-0.2, 0) is 32.3 Å². The Labute approximate surface area is 534 Å². The molecule has 0 spiro atoms. The van der Waals surface area contributed by atoms with E-state index >= 15 is 8.78 Å². The highest BCUT2D eigenvalue weighted by Crippen LogP contribution is 2.37. The van der Waals surface area contributed by atoms with Gasteiger partial charge in [0.25, 0.3) is 17.7 Å². The first-order valence-corrected chi connectivity index (χ1v) is 31.4. The molecular formula is C62H60Cl2F4N12O9S2. The number of nitrogens with zero attached hydrogens (tertiary/aromatic N) is 6. The van der Waals surface area contributed by atoms with E-state index in [4.69, 9.17) is 40.4 Å². The Morgan fingerprint density at radius 3 is 1.40 bits per heavy atom. The van der Waals surface area contributed by atoms with Crippen LogP contribution in [0.1, 0.15) is 105 Å². The molecule has 12 rings (SSSR count). The molecule has 29 heteroatoms. The van der Waals surface area contributed by atoms with Crippen molar-refractivity contribution >= 4 is 125 Å². The van der Waals surface area contributed by atoms with E-state index < -0.39 is 97.1 Å². The number of alkyl halides is 2. The van der Waals surface area contributed by atoms with E-state index in [1.165, 1.54) is 72.8 Å². The molecule has 4 atom stereocenters. The number of carboxylic acids is 1. The van der Waals surface area contributed by atoms with Crippen LogP contribution in [0.4, 0.5) is 28.9 Å². The standard InChI is InChI=1S/C31H29ClF2N6O4S.C26H20ClF2N5O5S.C5H11N/c32-20-10-4-3-8-18(20)19-9-5-11-21(26(19)34)37-30(43)23-12-16(33)14-39(23)25(41)15-40-22-13-24(31(44)36-17-6-1-2-7-17)45-28(22)27(38-40)29(35)42;27-15-6-2-1-4-13(15)14-5-3-7-16(21(14)29)31-25(37)18-8-12(28)10-33(18)20(35)11-34-17-9-19(26(38)39)40-23(17)22(32-34)24(30)36;6-5-3-1-2-4-5/h3-5,8-11,13,16-17,23H,1-2,6-7,12,14-15H2,(H2,35,42)(H,36,44)(H,37,43);1-7,9,12,18H,8,10-11H2,(H2,30,36)(H,31,37)(H,38,39);5H,1-4,6H2/t16-,23+;12-,18+;/m11./s1. The first-order chi connectivity index (χ1) is 43.5. The second-order valence-corrected chi connectivity index (χ2v) is 25.2. The van der Waals surface area contributed by atoms with Crippen LogP contribution in [0, 0.1) is 11.6 Å². The Morgan fingerprint density at radius 1 is 0.582 bits per heavy atom. The van der Waals surface area contributed by atoms with Crippen molar-refractivity contribution in [1.82, 2.24) is 34.7 Å². The van der Waals surface area contributed by atoms with Crippen molar-refractivity contribution in [3.05, 3.63) is 140 Å². The number of hydrogen-bond donors (Lipinski definition) is 7. The van der Waals surface area contributed by atoms with Gasteiger partial charge in [-0.05, 0) is 62.1 Å². The molecule has 2 saturated heterocycles. The lowest BCUT2D eigenvalue weighted by molar-refractivity contribution is -0.137. The predicted molar refractivity (Wildman–Crippen MR) is 336 cm³/mol. The summed E-state index contributed by atoms with van der Waals surface area (Å²) in [6, 6.07) is 23.0. The molecule has 10 N–H and O–H groups in total. The zero-order valence-electron chi connectivity index (χ0n) is 48.3. The van der Waals surface area contributed by atoms with Crippen LogP contribution in [0.25, 0.3) is 42.7 Å². The number of primary amides is 2. The molecular weight excluding hydrogens is 1270 g/mol. The molecule has 0 bridgehead atoms. The zero-order chi connectivity index (χ0) is 64.9. The third kappa shape index (κ3) is 14.5. The smallest absolute Gasteiger partial charge is 0.345 e. The fraction of sp³-hybridized carbons (Fsp3) is 0.323. The summed E-state index contributed by atoms with van der Waals surface area (Å²) in [4.78, 5) is 104. The molecule has 4 aliphatic rings. The molecule has 4 fully saturated rings. The number of aromatic carboxylic acids is 1. The van der Waals surface area contributed by atoms with E-state index in [0.717, 1.165) is 62.8 Å². The topological polar surface area (TPSA) is 313 Å². The molecule has 2 aliphatic heterocycles. The number of fused-ring (bicyclic) bond motifs is 2. The maximum absolute atomic E-state index is 15.5. The van der Waals surface area contributed by atoms with E-state index in [2.05, 4.69) is 26.1 Å². The predicted octanol–water partition coefficient (Wildman–Crippen LogP) is 9.73. The number of benzene rings is 4. The first kappa shape index (κ1) is 65.2. The quantitative estimate of drug-likeness (QED) is 0.0472. The van der Waals surface area contributed by atoms with Crippen LogP contribution >= 0.6 is 45.9 Å². The highest BCUT2D eigenvalue weighted by atomic mass is 35.5. The van der Waals surface area contributed by atoms with E-state index in [1.54, 1.807) is 54.6 Å². The number of halogens is 6. The number of likely N-dealkylation sites (tertiary alicyclic amines) is 2. The molecule has 21 nitrogen and oxygen atoms in total. The molecule has 2 saturated carbocycles. The minimum atomic E-state index is -1.52. The molecule has 0 radical (unpaired) electrons.